The number of aryl methyl sites for hydroxylation is 1. The highest BCUT2D eigenvalue weighted by molar-refractivity contribution is 5.25. The number of hydrogen-bond donors (Lipinski definition) is 0. The molecule has 164 valence electrons. The summed E-state index contributed by atoms with van der Waals surface area (Å²) in [7, 11) is 0. The van der Waals surface area contributed by atoms with Crippen LogP contribution in [0.4, 0.5) is 13.2 Å². The molecule has 0 unspecified atom stereocenters. The molecule has 0 aliphatic heterocycles. The van der Waals surface area contributed by atoms with Crippen LogP contribution in [0.2, 0.25) is 0 Å². The van der Waals surface area contributed by atoms with Gasteiger partial charge in [-0.3, -0.25) is 0 Å². The first-order valence-corrected chi connectivity index (χ1v) is 12.1. The summed E-state index contributed by atoms with van der Waals surface area (Å²) < 4.78 is 38.7. The van der Waals surface area contributed by atoms with Gasteiger partial charge in [-0.05, 0) is 73.8 Å². The van der Waals surface area contributed by atoms with Crippen molar-refractivity contribution in [2.45, 2.75) is 103 Å². The van der Waals surface area contributed by atoms with Gasteiger partial charge in [0.15, 0.2) is 0 Å². The topological polar surface area (TPSA) is 0 Å². The SMILES string of the molecule is CCCCCC1CCC(C2CCC(CCc3cccc(C(F)(F)F)c3)CC2)CC1. The van der Waals surface area contributed by atoms with Crippen LogP contribution in [-0.2, 0) is 12.6 Å². The van der Waals surface area contributed by atoms with Gasteiger partial charge in [-0.2, -0.15) is 13.2 Å². The van der Waals surface area contributed by atoms with E-state index in [2.05, 4.69) is 6.92 Å². The van der Waals surface area contributed by atoms with Gasteiger partial charge in [0, 0.05) is 0 Å². The Morgan fingerprint density at radius 2 is 1.38 bits per heavy atom. The van der Waals surface area contributed by atoms with Crippen LogP contribution in [-0.4, -0.2) is 0 Å². The number of halogens is 3. The molecule has 2 saturated carbocycles. The van der Waals surface area contributed by atoms with Gasteiger partial charge in [0.2, 0.25) is 0 Å². The summed E-state index contributed by atoms with van der Waals surface area (Å²) in [5.74, 6) is 3.55. The molecule has 0 spiro atoms. The van der Waals surface area contributed by atoms with Crippen LogP contribution in [0.15, 0.2) is 24.3 Å². The molecule has 0 N–H and O–H groups in total. The quantitative estimate of drug-likeness (QED) is 0.377. The van der Waals surface area contributed by atoms with Crippen LogP contribution >= 0.6 is 0 Å². The summed E-state index contributed by atoms with van der Waals surface area (Å²) >= 11 is 0. The van der Waals surface area contributed by atoms with E-state index >= 15 is 0 Å². The number of alkyl halides is 3. The average Bonchev–Trinajstić information content (AvgIpc) is 2.73. The third-order valence-corrected chi connectivity index (χ3v) is 7.76. The highest BCUT2D eigenvalue weighted by Crippen LogP contribution is 2.43. The van der Waals surface area contributed by atoms with Crippen LogP contribution in [0.5, 0.6) is 0 Å². The standard InChI is InChI=1S/C26H39F3/c1-2-3-4-6-20-11-15-23(16-12-20)24-17-13-21(14-18-24)9-10-22-7-5-8-25(19-22)26(27,28)29/h5,7-8,19-21,23-24H,2-4,6,9-18H2,1H3. The zero-order valence-corrected chi connectivity index (χ0v) is 18.2. The Hall–Kier alpha value is -0.990. The third-order valence-electron chi connectivity index (χ3n) is 7.76. The summed E-state index contributed by atoms with van der Waals surface area (Å²) in [5.41, 5.74) is 0.326. The van der Waals surface area contributed by atoms with Gasteiger partial charge in [-0.15, -0.1) is 0 Å². The first-order chi connectivity index (χ1) is 14.0. The molecule has 2 aliphatic carbocycles. The fraction of sp³-hybridized carbons (Fsp3) is 0.769. The lowest BCUT2D eigenvalue weighted by Gasteiger charge is -2.38. The molecule has 0 saturated heterocycles. The lowest BCUT2D eigenvalue weighted by Crippen LogP contribution is -2.26. The van der Waals surface area contributed by atoms with Crippen molar-refractivity contribution in [3.05, 3.63) is 35.4 Å². The van der Waals surface area contributed by atoms with Gasteiger partial charge in [-0.1, -0.05) is 76.5 Å². The molecule has 0 nitrogen and oxygen atoms in total. The van der Waals surface area contributed by atoms with E-state index in [1.807, 2.05) is 6.07 Å². The van der Waals surface area contributed by atoms with Crippen molar-refractivity contribution < 1.29 is 13.2 Å². The van der Waals surface area contributed by atoms with Crippen molar-refractivity contribution in [1.82, 2.24) is 0 Å². The Morgan fingerprint density at radius 3 is 1.93 bits per heavy atom. The molecule has 0 atom stereocenters. The Balaban J connectivity index is 1.36. The maximum atomic E-state index is 12.9. The molecular weight excluding hydrogens is 369 g/mol. The molecule has 0 aromatic heterocycles. The Morgan fingerprint density at radius 1 is 0.793 bits per heavy atom. The molecule has 1 aromatic carbocycles. The van der Waals surface area contributed by atoms with Crippen molar-refractivity contribution in [3.8, 4) is 0 Å². The number of unbranched alkanes of at least 4 members (excludes halogenated alkanes) is 2. The largest absolute Gasteiger partial charge is 0.416 e. The maximum Gasteiger partial charge on any atom is 0.416 e. The van der Waals surface area contributed by atoms with Crippen LogP contribution in [0.1, 0.15) is 102 Å². The van der Waals surface area contributed by atoms with E-state index in [-0.39, 0.29) is 0 Å². The molecular formula is C26H39F3. The van der Waals surface area contributed by atoms with E-state index in [4.69, 9.17) is 0 Å². The second kappa shape index (κ2) is 10.9. The minimum absolute atomic E-state index is 0.510. The van der Waals surface area contributed by atoms with Gasteiger partial charge in [0.25, 0.3) is 0 Å². The van der Waals surface area contributed by atoms with Crippen LogP contribution in [0, 0.1) is 23.7 Å². The number of benzene rings is 1. The second-order valence-corrected chi connectivity index (χ2v) is 9.79. The normalized spacial score (nSPS) is 28.4. The number of hydrogen-bond acceptors (Lipinski definition) is 0. The van der Waals surface area contributed by atoms with Crippen molar-refractivity contribution in [2.24, 2.45) is 23.7 Å². The maximum absolute atomic E-state index is 12.9. The summed E-state index contributed by atoms with van der Waals surface area (Å²) in [6.07, 6.45) is 14.2. The van der Waals surface area contributed by atoms with E-state index in [0.717, 1.165) is 36.2 Å². The monoisotopic (exact) mass is 408 g/mol. The van der Waals surface area contributed by atoms with Crippen molar-refractivity contribution in [2.75, 3.05) is 0 Å². The van der Waals surface area contributed by atoms with E-state index in [0.29, 0.717) is 5.92 Å². The van der Waals surface area contributed by atoms with Crippen molar-refractivity contribution in [3.63, 3.8) is 0 Å². The fourth-order valence-electron chi connectivity index (χ4n) is 5.85. The summed E-state index contributed by atoms with van der Waals surface area (Å²) in [5, 5.41) is 0. The smallest absolute Gasteiger partial charge is 0.166 e. The van der Waals surface area contributed by atoms with Crippen LogP contribution in [0.3, 0.4) is 0 Å². The molecule has 2 fully saturated rings. The Kier molecular flexibility index (Phi) is 8.50. The third kappa shape index (κ3) is 7.03. The van der Waals surface area contributed by atoms with E-state index < -0.39 is 11.7 Å². The highest BCUT2D eigenvalue weighted by Gasteiger charge is 2.32. The fourth-order valence-corrected chi connectivity index (χ4v) is 5.85. The van der Waals surface area contributed by atoms with Gasteiger partial charge in [-0.25, -0.2) is 0 Å². The second-order valence-electron chi connectivity index (χ2n) is 9.79. The molecule has 2 aliphatic rings. The molecule has 0 radical (unpaired) electrons. The number of rotatable bonds is 8. The van der Waals surface area contributed by atoms with E-state index in [9.17, 15) is 13.2 Å². The lowest BCUT2D eigenvalue weighted by molar-refractivity contribution is -0.137. The first kappa shape index (κ1) is 22.7. The van der Waals surface area contributed by atoms with Crippen LogP contribution in [0.25, 0.3) is 0 Å². The lowest BCUT2D eigenvalue weighted by atomic mass is 9.68. The predicted molar refractivity (Wildman–Crippen MR) is 115 cm³/mol. The van der Waals surface area contributed by atoms with Crippen LogP contribution < -0.4 is 0 Å². The predicted octanol–water partition coefficient (Wildman–Crippen LogP) is 8.83. The zero-order chi connectivity index (χ0) is 20.7. The summed E-state index contributed by atoms with van der Waals surface area (Å²) in [4.78, 5) is 0. The molecule has 3 rings (SSSR count). The molecule has 0 heterocycles. The van der Waals surface area contributed by atoms with Crippen molar-refractivity contribution >= 4 is 0 Å². The van der Waals surface area contributed by atoms with Gasteiger partial charge in [0.05, 0.1) is 5.56 Å². The highest BCUT2D eigenvalue weighted by atomic mass is 19.4. The Labute approximate surface area is 175 Å². The van der Waals surface area contributed by atoms with Gasteiger partial charge >= 0.3 is 6.18 Å². The first-order valence-electron chi connectivity index (χ1n) is 12.1. The van der Waals surface area contributed by atoms with E-state index in [1.165, 1.54) is 89.2 Å². The summed E-state index contributed by atoms with van der Waals surface area (Å²) in [6.45, 7) is 2.28. The van der Waals surface area contributed by atoms with Crippen molar-refractivity contribution in [1.29, 1.82) is 0 Å². The minimum atomic E-state index is -4.23. The molecule has 1 aromatic rings. The van der Waals surface area contributed by atoms with Gasteiger partial charge in [0.1, 0.15) is 0 Å². The summed E-state index contributed by atoms with van der Waals surface area (Å²) in [6, 6.07) is 5.91. The molecule has 0 bridgehead atoms. The molecule has 29 heavy (non-hydrogen) atoms. The Bertz CT molecular complexity index is 590. The zero-order valence-electron chi connectivity index (χ0n) is 18.2. The minimum Gasteiger partial charge on any atom is -0.166 e. The molecule has 0 amide bonds. The van der Waals surface area contributed by atoms with E-state index in [1.54, 1.807) is 6.07 Å². The molecule has 3 heteroatoms. The average molecular weight is 409 g/mol. The van der Waals surface area contributed by atoms with Gasteiger partial charge < -0.3 is 0 Å².